The van der Waals surface area contributed by atoms with Crippen molar-refractivity contribution >= 4 is 23.2 Å². The topological polar surface area (TPSA) is 119 Å². The van der Waals surface area contributed by atoms with Crippen LogP contribution in [0.25, 0.3) is 0 Å². The molecule has 29 heavy (non-hydrogen) atoms. The zero-order valence-electron chi connectivity index (χ0n) is 16.2. The Bertz CT molecular complexity index is 890. The predicted octanol–water partition coefficient (Wildman–Crippen LogP) is 0.564. The summed E-state index contributed by atoms with van der Waals surface area (Å²) in [5.41, 5.74) is 0.121. The van der Waals surface area contributed by atoms with Gasteiger partial charge in [0.2, 0.25) is 0 Å². The van der Waals surface area contributed by atoms with Crippen LogP contribution in [0.2, 0.25) is 0 Å². The molecule has 154 valence electrons. The number of nitrogens with zero attached hydrogens (tertiary/aromatic N) is 2. The number of hydrogen-bond acceptors (Lipinski definition) is 6. The first-order valence-corrected chi connectivity index (χ1v) is 9.21. The molecule has 1 aliphatic heterocycles. The van der Waals surface area contributed by atoms with E-state index in [0.29, 0.717) is 37.7 Å². The van der Waals surface area contributed by atoms with E-state index in [2.05, 4.69) is 5.32 Å². The van der Waals surface area contributed by atoms with Crippen LogP contribution in [0.4, 0.5) is 11.4 Å². The van der Waals surface area contributed by atoms with Crippen molar-refractivity contribution in [2.75, 3.05) is 38.6 Å². The Morgan fingerprint density at radius 3 is 2.62 bits per heavy atom. The summed E-state index contributed by atoms with van der Waals surface area (Å²) in [5, 5.41) is 13.7. The molecule has 10 nitrogen and oxygen atoms in total. The number of furan rings is 1. The molecule has 1 fully saturated rings. The number of quaternary nitrogens is 1. The van der Waals surface area contributed by atoms with Crippen LogP contribution in [0.1, 0.15) is 17.5 Å². The number of carbonyl (C=O) groups excluding carboxylic acids is 2. The number of non-ortho nitro benzene ring substituents is 1. The Labute approximate surface area is 167 Å². The molecule has 2 aromatic rings. The summed E-state index contributed by atoms with van der Waals surface area (Å²) in [6.45, 7) is 4.01. The molecule has 3 rings (SSSR count). The van der Waals surface area contributed by atoms with Crippen molar-refractivity contribution in [2.45, 2.75) is 13.0 Å². The molecule has 2 N–H and O–H groups in total. The molecule has 1 saturated heterocycles. The summed E-state index contributed by atoms with van der Waals surface area (Å²) in [4.78, 5) is 38.3. The second-order valence-corrected chi connectivity index (χ2v) is 6.78. The number of benzene rings is 1. The number of rotatable bonds is 6. The number of nitro benzene ring substituents is 1. The van der Waals surface area contributed by atoms with Crippen LogP contribution >= 0.6 is 0 Å². The van der Waals surface area contributed by atoms with Gasteiger partial charge in [0.15, 0.2) is 11.8 Å². The van der Waals surface area contributed by atoms with E-state index in [1.54, 1.807) is 24.0 Å². The highest BCUT2D eigenvalue weighted by atomic mass is 16.6. The maximum atomic E-state index is 12.7. The van der Waals surface area contributed by atoms with Gasteiger partial charge in [0.1, 0.15) is 5.75 Å². The number of nitrogens with one attached hydrogen (secondary N) is 2. The lowest BCUT2D eigenvalue weighted by atomic mass is 10.2. The van der Waals surface area contributed by atoms with E-state index in [4.69, 9.17) is 9.15 Å². The first kappa shape index (κ1) is 20.3. The van der Waals surface area contributed by atoms with Gasteiger partial charge in [-0.25, -0.2) is 0 Å². The van der Waals surface area contributed by atoms with Crippen molar-refractivity contribution in [3.63, 3.8) is 0 Å². The normalized spacial score (nSPS) is 15.6. The number of anilines is 1. The van der Waals surface area contributed by atoms with Crippen molar-refractivity contribution in [1.29, 1.82) is 0 Å². The van der Waals surface area contributed by atoms with Gasteiger partial charge in [0, 0.05) is 12.1 Å². The van der Waals surface area contributed by atoms with Crippen LogP contribution in [0.3, 0.4) is 0 Å². The molecule has 0 aliphatic carbocycles. The van der Waals surface area contributed by atoms with E-state index in [9.17, 15) is 19.7 Å². The number of amides is 2. The minimum Gasteiger partial charge on any atom is -0.495 e. The zero-order chi connectivity index (χ0) is 21.0. The number of piperazine rings is 1. The Balaban J connectivity index is 1.61. The fourth-order valence-electron chi connectivity index (χ4n) is 3.32. The third-order valence-corrected chi connectivity index (χ3v) is 5.08. The number of ether oxygens (including phenoxy) is 1. The third-order valence-electron chi connectivity index (χ3n) is 5.08. The van der Waals surface area contributed by atoms with Crippen LogP contribution in [-0.2, 0) is 4.79 Å². The molecule has 2 amide bonds. The highest BCUT2D eigenvalue weighted by Crippen LogP contribution is 2.28. The van der Waals surface area contributed by atoms with Gasteiger partial charge in [-0.1, -0.05) is 0 Å². The first-order chi connectivity index (χ1) is 13.9. The average molecular weight is 403 g/mol. The fourth-order valence-corrected chi connectivity index (χ4v) is 3.32. The van der Waals surface area contributed by atoms with Gasteiger partial charge in [-0.3, -0.25) is 19.7 Å². The SMILES string of the molecule is COc1ccc([N+](=O)[O-])cc1NC(=O)[C@H](C)[NH+]1CCN(C(=O)c2ccco2)CC1. The minimum atomic E-state index is -0.529. The standard InChI is InChI=1S/C19H22N4O6/c1-13(18(24)20-15-12-14(23(26)27)5-6-16(15)28-2)21-7-9-22(10-8-21)19(25)17-4-3-11-29-17/h3-6,11-13H,7-10H2,1-2H3,(H,20,24)/p+1/t13-/m0/s1. The summed E-state index contributed by atoms with van der Waals surface area (Å²) in [6.07, 6.45) is 1.46. The monoisotopic (exact) mass is 403 g/mol. The summed E-state index contributed by atoms with van der Waals surface area (Å²) in [6, 6.07) is 6.94. The van der Waals surface area contributed by atoms with Crippen molar-refractivity contribution in [3.8, 4) is 5.75 Å². The van der Waals surface area contributed by atoms with Crippen molar-refractivity contribution in [1.82, 2.24) is 4.90 Å². The van der Waals surface area contributed by atoms with Crippen molar-refractivity contribution < 1.29 is 28.6 Å². The Morgan fingerprint density at radius 1 is 1.31 bits per heavy atom. The smallest absolute Gasteiger partial charge is 0.289 e. The molecule has 0 saturated carbocycles. The van der Waals surface area contributed by atoms with Gasteiger partial charge in [0.05, 0.1) is 50.2 Å². The summed E-state index contributed by atoms with van der Waals surface area (Å²) in [7, 11) is 1.43. The molecular formula is C19H23N4O6+. The molecule has 1 aromatic heterocycles. The van der Waals surface area contributed by atoms with Gasteiger partial charge in [0.25, 0.3) is 17.5 Å². The Kier molecular flexibility index (Phi) is 6.13. The third kappa shape index (κ3) is 4.54. The minimum absolute atomic E-state index is 0.133. The Morgan fingerprint density at radius 2 is 2.03 bits per heavy atom. The first-order valence-electron chi connectivity index (χ1n) is 9.21. The van der Waals surface area contributed by atoms with E-state index in [1.165, 1.54) is 31.6 Å². The van der Waals surface area contributed by atoms with Gasteiger partial charge >= 0.3 is 0 Å². The molecule has 0 bridgehead atoms. The van der Waals surface area contributed by atoms with E-state index in [1.807, 2.05) is 0 Å². The molecule has 0 spiro atoms. The molecule has 0 unspecified atom stereocenters. The highest BCUT2D eigenvalue weighted by Gasteiger charge is 2.32. The van der Waals surface area contributed by atoms with Gasteiger partial charge in [-0.05, 0) is 25.1 Å². The molecular weight excluding hydrogens is 380 g/mol. The molecule has 2 heterocycles. The highest BCUT2D eigenvalue weighted by molar-refractivity contribution is 5.95. The average Bonchev–Trinajstić information content (AvgIpc) is 3.27. The van der Waals surface area contributed by atoms with Gasteiger partial charge < -0.3 is 24.3 Å². The lowest BCUT2D eigenvalue weighted by molar-refractivity contribution is -0.917. The van der Waals surface area contributed by atoms with Crippen molar-refractivity contribution in [2.24, 2.45) is 0 Å². The number of nitro groups is 1. The van der Waals surface area contributed by atoms with E-state index in [0.717, 1.165) is 4.90 Å². The summed E-state index contributed by atoms with van der Waals surface area (Å²) in [5.74, 6) is 0.217. The van der Waals surface area contributed by atoms with Crippen LogP contribution in [0.15, 0.2) is 41.0 Å². The molecule has 1 aromatic carbocycles. The zero-order valence-corrected chi connectivity index (χ0v) is 16.2. The number of methoxy groups -OCH3 is 1. The maximum Gasteiger partial charge on any atom is 0.289 e. The fraction of sp³-hybridized carbons (Fsp3) is 0.368. The molecule has 1 atom stereocenters. The summed E-state index contributed by atoms with van der Waals surface area (Å²) >= 11 is 0. The molecule has 0 radical (unpaired) electrons. The van der Waals surface area contributed by atoms with E-state index >= 15 is 0 Å². The largest absolute Gasteiger partial charge is 0.495 e. The number of hydrogen-bond donors (Lipinski definition) is 2. The summed E-state index contributed by atoms with van der Waals surface area (Å²) < 4.78 is 10.3. The number of carbonyl (C=O) groups is 2. The molecule has 1 aliphatic rings. The van der Waals surface area contributed by atoms with Crippen LogP contribution in [0.5, 0.6) is 5.75 Å². The second kappa shape index (κ2) is 8.74. The van der Waals surface area contributed by atoms with Crippen LogP contribution in [0, 0.1) is 10.1 Å². The maximum absolute atomic E-state index is 12.7. The van der Waals surface area contributed by atoms with E-state index in [-0.39, 0.29) is 23.2 Å². The van der Waals surface area contributed by atoms with Crippen LogP contribution in [-0.4, -0.2) is 61.0 Å². The van der Waals surface area contributed by atoms with Crippen molar-refractivity contribution in [3.05, 3.63) is 52.5 Å². The van der Waals surface area contributed by atoms with Gasteiger partial charge in [-0.15, -0.1) is 0 Å². The quantitative estimate of drug-likeness (QED) is 0.537. The predicted molar refractivity (Wildman–Crippen MR) is 103 cm³/mol. The lowest BCUT2D eigenvalue weighted by Gasteiger charge is -2.34. The lowest BCUT2D eigenvalue weighted by Crippen LogP contribution is -3.19. The Hall–Kier alpha value is -3.40. The van der Waals surface area contributed by atoms with Gasteiger partial charge in [-0.2, -0.15) is 0 Å². The molecule has 10 heteroatoms. The van der Waals surface area contributed by atoms with E-state index < -0.39 is 11.0 Å². The van der Waals surface area contributed by atoms with Crippen LogP contribution < -0.4 is 15.0 Å². The second-order valence-electron chi connectivity index (χ2n) is 6.78.